The van der Waals surface area contributed by atoms with Crippen LogP contribution in [-0.2, 0) is 28.6 Å². The Balaban J connectivity index is 4.28. The van der Waals surface area contributed by atoms with Crippen LogP contribution in [0.5, 0.6) is 0 Å². The summed E-state index contributed by atoms with van der Waals surface area (Å²) in [4.78, 5) is 36.6. The van der Waals surface area contributed by atoms with Crippen LogP contribution in [0.3, 0.4) is 0 Å². The van der Waals surface area contributed by atoms with Crippen LogP contribution in [-0.4, -0.2) is 75.5 Å². The first-order valence-corrected chi connectivity index (χ1v) is 21.0. The Morgan fingerprint density at radius 1 is 0.574 bits per heavy atom. The smallest absolute Gasteiger partial charge is 0.310 e. The second-order valence-electron chi connectivity index (χ2n) is 14.8. The monoisotopic (exact) mass is 756 g/mol. The number of hydrogen-bond donors (Lipinski definition) is 0. The van der Waals surface area contributed by atoms with E-state index in [-0.39, 0.29) is 43.1 Å². The van der Waals surface area contributed by atoms with E-state index in [0.29, 0.717) is 6.42 Å². The predicted molar refractivity (Wildman–Crippen MR) is 222 cm³/mol. The number of nitrogens with zero attached hydrogens (tertiary/aromatic N) is 1. The Morgan fingerprint density at radius 3 is 1.54 bits per heavy atom. The van der Waals surface area contributed by atoms with Crippen molar-refractivity contribution in [3.8, 4) is 0 Å². The number of unbranched alkanes of at least 4 members (excludes halogenated alkanes) is 11. The summed E-state index contributed by atoms with van der Waals surface area (Å²) in [5.74, 6) is -1.90. The molecule has 0 saturated carbocycles. The maximum Gasteiger partial charge on any atom is 0.310 e. The fraction of sp³-hybridized carbons (Fsp3) is 0.674. The second-order valence-corrected chi connectivity index (χ2v) is 14.8. The van der Waals surface area contributed by atoms with Gasteiger partial charge in [0, 0.05) is 12.8 Å². The molecule has 0 aliphatic carbocycles. The number of carboxylic acid groups (broad SMARTS) is 1. The van der Waals surface area contributed by atoms with Gasteiger partial charge in [-0.1, -0.05) is 145 Å². The number of allylic oxidation sites excluding steroid dienone is 11. The van der Waals surface area contributed by atoms with Crippen molar-refractivity contribution in [1.82, 2.24) is 0 Å². The van der Waals surface area contributed by atoms with Crippen molar-refractivity contribution >= 4 is 17.9 Å². The molecule has 308 valence electrons. The van der Waals surface area contributed by atoms with Gasteiger partial charge in [-0.15, -0.1) is 0 Å². The lowest BCUT2D eigenvalue weighted by Gasteiger charge is -2.34. The van der Waals surface area contributed by atoms with E-state index in [1.807, 2.05) is 12.2 Å². The minimum absolute atomic E-state index is 0.000809. The normalized spacial score (nSPS) is 13.7. The van der Waals surface area contributed by atoms with Crippen LogP contribution < -0.4 is 5.11 Å². The highest BCUT2D eigenvalue weighted by Gasteiger charge is 2.25. The summed E-state index contributed by atoms with van der Waals surface area (Å²) in [7, 11) is 5.36. The van der Waals surface area contributed by atoms with E-state index in [0.717, 1.165) is 57.8 Å². The van der Waals surface area contributed by atoms with Crippen LogP contribution in [0.1, 0.15) is 149 Å². The number of carboxylic acids is 1. The van der Waals surface area contributed by atoms with E-state index < -0.39 is 24.1 Å². The average Bonchev–Trinajstić information content (AvgIpc) is 3.12. The van der Waals surface area contributed by atoms with Crippen molar-refractivity contribution in [2.45, 2.75) is 161 Å². The van der Waals surface area contributed by atoms with E-state index in [1.54, 1.807) is 27.2 Å². The average molecular weight is 756 g/mol. The zero-order valence-corrected chi connectivity index (χ0v) is 34.9. The van der Waals surface area contributed by atoms with E-state index in [4.69, 9.17) is 14.2 Å². The third-order valence-electron chi connectivity index (χ3n) is 8.87. The molecule has 0 amide bonds. The van der Waals surface area contributed by atoms with Gasteiger partial charge in [0.2, 0.25) is 0 Å². The van der Waals surface area contributed by atoms with Gasteiger partial charge in [0.15, 0.2) is 6.10 Å². The van der Waals surface area contributed by atoms with E-state index in [1.165, 1.54) is 57.8 Å². The molecule has 0 aromatic heterocycles. The fourth-order valence-corrected chi connectivity index (χ4v) is 5.68. The van der Waals surface area contributed by atoms with Gasteiger partial charge in [-0.3, -0.25) is 9.59 Å². The Hall–Kier alpha value is -3.23. The van der Waals surface area contributed by atoms with Crippen LogP contribution in [0.15, 0.2) is 72.9 Å². The molecular weight excluding hydrogens is 679 g/mol. The van der Waals surface area contributed by atoms with Gasteiger partial charge in [0.25, 0.3) is 0 Å². The SMILES string of the molecule is CC/C=C/C/C=C/C/C=C/CCCCCCCCCCCCCC(=O)OCC(COCCC(C(=O)[O-])[N+](C)(C)C)OC(=O)C/C=C/C/C=C/C/C=C/CC. The summed E-state index contributed by atoms with van der Waals surface area (Å²) < 4.78 is 17.0. The first kappa shape index (κ1) is 50.8. The van der Waals surface area contributed by atoms with Crippen LogP contribution in [0, 0.1) is 0 Å². The molecule has 0 radical (unpaired) electrons. The number of aliphatic carboxylic acids is 1. The summed E-state index contributed by atoms with van der Waals surface area (Å²) in [5.41, 5.74) is 0. The Morgan fingerprint density at radius 2 is 1.04 bits per heavy atom. The highest BCUT2D eigenvalue weighted by Crippen LogP contribution is 2.14. The molecule has 0 aromatic carbocycles. The highest BCUT2D eigenvalue weighted by atomic mass is 16.6. The van der Waals surface area contributed by atoms with Gasteiger partial charge < -0.3 is 28.6 Å². The van der Waals surface area contributed by atoms with E-state index >= 15 is 0 Å². The molecule has 0 aliphatic rings. The number of likely N-dealkylation sites (N-methyl/N-ethyl adjacent to an activating group) is 1. The van der Waals surface area contributed by atoms with E-state index in [9.17, 15) is 19.5 Å². The van der Waals surface area contributed by atoms with Crippen molar-refractivity contribution in [1.29, 1.82) is 0 Å². The minimum atomic E-state index is -1.14. The van der Waals surface area contributed by atoms with Crippen molar-refractivity contribution in [3.63, 3.8) is 0 Å². The molecule has 0 saturated heterocycles. The maximum atomic E-state index is 12.5. The maximum absolute atomic E-state index is 12.5. The lowest BCUT2D eigenvalue weighted by molar-refractivity contribution is -0.889. The van der Waals surface area contributed by atoms with Crippen molar-refractivity contribution in [2.24, 2.45) is 0 Å². The summed E-state index contributed by atoms with van der Waals surface area (Å²) in [6.07, 6.45) is 45.5. The van der Waals surface area contributed by atoms with Crippen LogP contribution in [0.2, 0.25) is 0 Å². The summed E-state index contributed by atoms with van der Waals surface area (Å²) in [6.45, 7) is 4.30. The molecule has 0 aromatic rings. The van der Waals surface area contributed by atoms with Crippen molar-refractivity contribution in [3.05, 3.63) is 72.9 Å². The molecule has 8 nitrogen and oxygen atoms in total. The van der Waals surface area contributed by atoms with Gasteiger partial charge in [0.05, 0.1) is 46.7 Å². The lowest BCUT2D eigenvalue weighted by atomic mass is 10.0. The van der Waals surface area contributed by atoms with Crippen molar-refractivity contribution < 1.29 is 38.2 Å². The zero-order chi connectivity index (χ0) is 40.0. The molecule has 8 heteroatoms. The van der Waals surface area contributed by atoms with Gasteiger partial charge in [0.1, 0.15) is 12.6 Å². The summed E-state index contributed by atoms with van der Waals surface area (Å²) in [6, 6.07) is -0.741. The molecule has 0 heterocycles. The van der Waals surface area contributed by atoms with Gasteiger partial charge in [-0.05, 0) is 57.8 Å². The van der Waals surface area contributed by atoms with Crippen LogP contribution >= 0.6 is 0 Å². The highest BCUT2D eigenvalue weighted by molar-refractivity contribution is 5.71. The van der Waals surface area contributed by atoms with Crippen molar-refractivity contribution in [2.75, 3.05) is 41.0 Å². The minimum Gasteiger partial charge on any atom is -0.544 e. The topological polar surface area (TPSA) is 102 Å². The third kappa shape index (κ3) is 34.5. The third-order valence-corrected chi connectivity index (χ3v) is 8.87. The molecule has 0 rings (SSSR count). The number of quaternary nitrogens is 1. The molecule has 0 fully saturated rings. The van der Waals surface area contributed by atoms with Crippen LogP contribution in [0.25, 0.3) is 0 Å². The quantitative estimate of drug-likeness (QED) is 0.0272. The Kier molecular flexibility index (Phi) is 34.5. The first-order chi connectivity index (χ1) is 26.1. The lowest BCUT2D eigenvalue weighted by Crippen LogP contribution is -2.55. The molecule has 0 aliphatic heterocycles. The number of rotatable bonds is 36. The fourth-order valence-electron chi connectivity index (χ4n) is 5.68. The molecule has 2 atom stereocenters. The molecular formula is C46H77NO7. The molecule has 0 bridgehead atoms. The summed E-state index contributed by atoms with van der Waals surface area (Å²) in [5, 5.41) is 11.6. The second kappa shape index (κ2) is 36.7. The summed E-state index contributed by atoms with van der Waals surface area (Å²) >= 11 is 0. The standard InChI is InChI=1S/C46H77NO7/c1-6-8-10-12-14-16-17-18-19-20-21-22-23-24-25-26-27-29-30-32-34-36-44(48)53-41-42(40-52-39-38-43(46(50)51)47(3,4)5)54-45(49)37-35-33-31-28-15-13-11-9-7-2/h8-11,14-16,18-19,28,33,35,42-43H,6-7,12-13,17,20-27,29-32,34,36-41H2,1-5H3/b10-8+,11-9+,16-14+,19-18+,28-15+,35-33+. The zero-order valence-electron chi connectivity index (χ0n) is 34.9. The van der Waals surface area contributed by atoms with Gasteiger partial charge in [-0.2, -0.15) is 0 Å². The Bertz CT molecular complexity index is 1110. The number of ether oxygens (including phenoxy) is 3. The largest absolute Gasteiger partial charge is 0.544 e. The first-order valence-electron chi connectivity index (χ1n) is 21.0. The van der Waals surface area contributed by atoms with Gasteiger partial charge in [-0.25, -0.2) is 0 Å². The molecule has 2 unspecified atom stereocenters. The number of carbonyl (C=O) groups is 3. The number of esters is 2. The molecule has 0 spiro atoms. The van der Waals surface area contributed by atoms with Gasteiger partial charge >= 0.3 is 11.9 Å². The van der Waals surface area contributed by atoms with E-state index in [2.05, 4.69) is 68.5 Å². The van der Waals surface area contributed by atoms with Crippen LogP contribution in [0.4, 0.5) is 0 Å². The number of hydrogen-bond acceptors (Lipinski definition) is 7. The Labute approximate surface area is 330 Å². The predicted octanol–water partition coefficient (Wildman–Crippen LogP) is 9.85. The molecule has 54 heavy (non-hydrogen) atoms. The molecule has 0 N–H and O–H groups in total. The number of carbonyl (C=O) groups excluding carboxylic acids is 3.